The van der Waals surface area contributed by atoms with E-state index in [0.717, 1.165) is 0 Å². The summed E-state index contributed by atoms with van der Waals surface area (Å²) in [6.45, 7) is -3.45. The van der Waals surface area contributed by atoms with E-state index in [2.05, 4.69) is 0 Å². The fourth-order valence-electron chi connectivity index (χ4n) is 5.52. The molecule has 45 heavy (non-hydrogen) atoms. The second-order valence-corrected chi connectivity index (χ2v) is 11.1. The Labute approximate surface area is 254 Å². The first kappa shape index (κ1) is 37.0. The van der Waals surface area contributed by atoms with Gasteiger partial charge in [0.2, 0.25) is 0 Å². The molecule has 0 aromatic rings. The molecule has 0 aliphatic carbocycles. The van der Waals surface area contributed by atoms with E-state index in [-0.39, 0.29) is 0 Å². The fraction of sp³-hybridized carbons (Fsp3) is 1.00. The van der Waals surface area contributed by atoms with Gasteiger partial charge in [0.1, 0.15) is 97.7 Å². The minimum absolute atomic E-state index is 0.819. The average Bonchev–Trinajstić information content (AvgIpc) is 3.03. The lowest BCUT2D eigenvalue weighted by molar-refractivity contribution is -0.396. The Morgan fingerprint density at radius 3 is 1.31 bits per heavy atom. The van der Waals surface area contributed by atoms with Crippen LogP contribution in [0.4, 0.5) is 0 Å². The zero-order valence-electron chi connectivity index (χ0n) is 23.5. The van der Waals surface area contributed by atoms with E-state index in [1.165, 1.54) is 0 Å². The molecule has 4 aliphatic heterocycles. The summed E-state index contributed by atoms with van der Waals surface area (Å²) in [5.41, 5.74) is 0. The van der Waals surface area contributed by atoms with Crippen molar-refractivity contribution >= 4 is 0 Å². The second-order valence-electron chi connectivity index (χ2n) is 11.1. The van der Waals surface area contributed by atoms with Gasteiger partial charge in [-0.3, -0.25) is 0 Å². The van der Waals surface area contributed by atoms with Crippen LogP contribution in [0.5, 0.6) is 0 Å². The summed E-state index contributed by atoms with van der Waals surface area (Å²) in [5, 5.41) is 143. The molecule has 20 atom stereocenters. The first-order valence-corrected chi connectivity index (χ1v) is 14.1. The van der Waals surface area contributed by atoms with E-state index in [9.17, 15) is 71.5 Å². The van der Waals surface area contributed by atoms with E-state index in [0.29, 0.717) is 0 Å². The van der Waals surface area contributed by atoms with Crippen LogP contribution in [-0.4, -0.2) is 221 Å². The average molecular weight is 667 g/mol. The molecule has 21 heteroatoms. The number of hydrogen-bond acceptors (Lipinski definition) is 21. The Morgan fingerprint density at radius 1 is 0.333 bits per heavy atom. The van der Waals surface area contributed by atoms with Crippen molar-refractivity contribution in [2.75, 3.05) is 26.4 Å². The molecule has 4 rings (SSSR count). The van der Waals surface area contributed by atoms with Gasteiger partial charge < -0.3 is 105 Å². The smallest absolute Gasteiger partial charge is 0.187 e. The van der Waals surface area contributed by atoms with Crippen LogP contribution < -0.4 is 0 Å². The van der Waals surface area contributed by atoms with Crippen LogP contribution in [0.25, 0.3) is 0 Å². The highest BCUT2D eigenvalue weighted by molar-refractivity contribution is 4.97. The van der Waals surface area contributed by atoms with Crippen LogP contribution in [0.2, 0.25) is 0 Å². The van der Waals surface area contributed by atoms with Gasteiger partial charge in [-0.05, 0) is 0 Å². The maximum Gasteiger partial charge on any atom is 0.187 e. The van der Waals surface area contributed by atoms with Gasteiger partial charge in [-0.15, -0.1) is 0 Å². The predicted octanol–water partition coefficient (Wildman–Crippen LogP) is -9.75. The molecule has 0 radical (unpaired) electrons. The molecule has 0 amide bonds. The molecule has 0 aromatic carbocycles. The number of rotatable bonds is 10. The summed E-state index contributed by atoms with van der Waals surface area (Å²) in [5.74, 6) is 0. The van der Waals surface area contributed by atoms with Gasteiger partial charge in [-0.2, -0.15) is 0 Å². The summed E-state index contributed by atoms with van der Waals surface area (Å²) in [6, 6.07) is 0. The molecule has 4 fully saturated rings. The zero-order chi connectivity index (χ0) is 33.3. The van der Waals surface area contributed by atoms with Crippen molar-refractivity contribution in [3.63, 3.8) is 0 Å². The van der Waals surface area contributed by atoms with Gasteiger partial charge in [-0.25, -0.2) is 0 Å². The maximum atomic E-state index is 11.1. The molecular formula is C24H42O21. The molecule has 14 N–H and O–H groups in total. The lowest BCUT2D eigenvalue weighted by atomic mass is 9.95. The first-order chi connectivity index (χ1) is 21.3. The highest BCUT2D eigenvalue weighted by Crippen LogP contribution is 2.34. The van der Waals surface area contributed by atoms with E-state index in [4.69, 9.17) is 33.2 Å². The molecule has 0 saturated carbocycles. The van der Waals surface area contributed by atoms with Crippen LogP contribution in [0.3, 0.4) is 0 Å². The molecule has 4 heterocycles. The molecule has 264 valence electrons. The third-order valence-corrected chi connectivity index (χ3v) is 8.21. The molecule has 21 nitrogen and oxygen atoms in total. The molecule has 0 bridgehead atoms. The van der Waals surface area contributed by atoms with Gasteiger partial charge in [-0.1, -0.05) is 0 Å². The topological polar surface area (TPSA) is 348 Å². The predicted molar refractivity (Wildman–Crippen MR) is 134 cm³/mol. The van der Waals surface area contributed by atoms with Crippen LogP contribution >= 0.6 is 0 Å². The summed E-state index contributed by atoms with van der Waals surface area (Å²) in [4.78, 5) is 0. The minimum atomic E-state index is -2.07. The van der Waals surface area contributed by atoms with Crippen molar-refractivity contribution in [3.05, 3.63) is 0 Å². The van der Waals surface area contributed by atoms with Crippen molar-refractivity contribution in [2.24, 2.45) is 0 Å². The Morgan fingerprint density at radius 2 is 0.756 bits per heavy atom. The number of ether oxygens (including phenoxy) is 7. The molecular weight excluding hydrogens is 624 g/mol. The van der Waals surface area contributed by atoms with Crippen LogP contribution in [-0.2, 0) is 33.2 Å². The molecule has 0 aromatic heterocycles. The minimum Gasteiger partial charge on any atom is -0.394 e. The Balaban J connectivity index is 1.57. The van der Waals surface area contributed by atoms with E-state index in [1.807, 2.05) is 0 Å². The van der Waals surface area contributed by atoms with Gasteiger partial charge >= 0.3 is 0 Å². The Hall–Kier alpha value is -0.840. The lowest BCUT2D eigenvalue weighted by Crippen LogP contribution is -2.68. The highest BCUT2D eigenvalue weighted by Gasteiger charge is 2.55. The van der Waals surface area contributed by atoms with Gasteiger partial charge in [0.05, 0.1) is 26.4 Å². The van der Waals surface area contributed by atoms with E-state index < -0.39 is 149 Å². The van der Waals surface area contributed by atoms with Gasteiger partial charge in [0.25, 0.3) is 0 Å². The molecule has 4 saturated heterocycles. The van der Waals surface area contributed by atoms with E-state index >= 15 is 0 Å². The van der Waals surface area contributed by atoms with Gasteiger partial charge in [0.15, 0.2) is 25.2 Å². The Kier molecular flexibility index (Phi) is 12.8. The maximum absolute atomic E-state index is 11.1. The number of aliphatic hydroxyl groups excluding tert-OH is 14. The second kappa shape index (κ2) is 15.6. The zero-order valence-corrected chi connectivity index (χ0v) is 23.5. The van der Waals surface area contributed by atoms with Gasteiger partial charge in [0, 0.05) is 0 Å². The third kappa shape index (κ3) is 7.44. The van der Waals surface area contributed by atoms with Crippen LogP contribution in [0, 0.1) is 0 Å². The highest BCUT2D eigenvalue weighted by atomic mass is 16.8. The Bertz CT molecular complexity index is 914. The SMILES string of the molecule is OC[C@H]1O[C@@H](O[C@@H]2[C@@H](O)[C@H](O[C@H]3[C@H](O[C@@H]4[C@H](O)[C@@H](O)C(O)O[C@@H]4CO)O[C@H](CO)[C@@H](O)[C@@H]3O)O[C@H](CO)[C@H]2O)[C@H](O)[C@@H](O)[C@@H]1O. The lowest BCUT2D eigenvalue weighted by Gasteiger charge is -2.49. The van der Waals surface area contributed by atoms with Crippen molar-refractivity contribution in [1.82, 2.24) is 0 Å². The molecule has 4 aliphatic rings. The molecule has 1 unspecified atom stereocenters. The number of hydrogen-bond donors (Lipinski definition) is 14. The summed E-state index contributed by atoms with van der Waals surface area (Å²) in [7, 11) is 0. The first-order valence-electron chi connectivity index (χ1n) is 14.1. The standard InChI is InChI=1S/C24H42O21/c25-1-5-9(29)12(32)16(36)22(40-5)44-19-11(31)7(3-27)41-23(17(19)37)45-20-13(33)10(30)6(2-26)42-24(20)43-18-8(4-28)39-21(38)15(35)14(18)34/h5-38H,1-4H2/t5-,6-,7-,8-,9-,10-,11-,12+,13+,14-,15-,16-,17-,18+,19+,20-,21?,22+,23+,24+/m1/s1. The van der Waals surface area contributed by atoms with E-state index in [1.54, 1.807) is 0 Å². The van der Waals surface area contributed by atoms with Crippen molar-refractivity contribution < 1.29 is 105 Å². The summed E-state index contributed by atoms with van der Waals surface area (Å²) in [6.07, 6.45) is -36.2. The normalized spacial score (nSPS) is 52.9. The van der Waals surface area contributed by atoms with Crippen molar-refractivity contribution in [3.8, 4) is 0 Å². The fourth-order valence-corrected chi connectivity index (χ4v) is 5.52. The number of aliphatic hydroxyl groups is 14. The van der Waals surface area contributed by atoms with Crippen molar-refractivity contribution in [1.29, 1.82) is 0 Å². The van der Waals surface area contributed by atoms with Crippen LogP contribution in [0.15, 0.2) is 0 Å². The third-order valence-electron chi connectivity index (χ3n) is 8.21. The van der Waals surface area contributed by atoms with Crippen molar-refractivity contribution in [2.45, 2.75) is 123 Å². The summed E-state index contributed by atoms with van der Waals surface area (Å²) >= 11 is 0. The largest absolute Gasteiger partial charge is 0.394 e. The van der Waals surface area contributed by atoms with Crippen LogP contribution in [0.1, 0.15) is 0 Å². The monoisotopic (exact) mass is 666 g/mol. The summed E-state index contributed by atoms with van der Waals surface area (Å²) < 4.78 is 38.1. The quantitative estimate of drug-likeness (QED) is 0.103. The molecule has 0 spiro atoms.